The van der Waals surface area contributed by atoms with E-state index in [9.17, 15) is 0 Å². The molecule has 0 bridgehead atoms. The lowest BCUT2D eigenvalue weighted by Gasteiger charge is -2.35. The van der Waals surface area contributed by atoms with Crippen LogP contribution in [0.25, 0.3) is 0 Å². The Morgan fingerprint density at radius 3 is 1.61 bits per heavy atom. The number of nitrogens with one attached hydrogen (secondary N) is 1. The fraction of sp³-hybridized carbons (Fsp3) is 0.429. The molecule has 122 valence electrons. The monoisotopic (exact) mass is 327 g/mol. The minimum Gasteiger partial charge on any atom is -0.312 e. The van der Waals surface area contributed by atoms with Crippen molar-refractivity contribution in [2.75, 3.05) is 6.54 Å². The first kappa shape index (κ1) is 16.5. The molecule has 0 radical (unpaired) electrons. The maximum Gasteiger partial charge on any atom is 0.110 e. The van der Waals surface area contributed by atoms with Crippen LogP contribution in [0.4, 0.5) is 0 Å². The zero-order valence-corrected chi connectivity index (χ0v) is 15.3. The predicted octanol–water partition coefficient (Wildman–Crippen LogP) is 5.15. The lowest BCUT2D eigenvalue weighted by atomic mass is 9.81. The molecule has 0 amide bonds. The predicted molar refractivity (Wildman–Crippen MR) is 99.5 cm³/mol. The minimum atomic E-state index is -0.510. The van der Waals surface area contributed by atoms with Crippen molar-refractivity contribution in [3.8, 4) is 0 Å². The lowest BCUT2D eigenvalue weighted by Crippen LogP contribution is -2.42. The van der Waals surface area contributed by atoms with Crippen LogP contribution < -0.4 is 5.32 Å². The number of hydrogen-bond acceptors (Lipinski definition) is 1. The molecule has 3 rings (SSSR count). The molecule has 2 aromatic rings. The topological polar surface area (TPSA) is 12.0 Å². The molecule has 0 spiro atoms. The number of hydrogen-bond donors (Lipinski definition) is 1. The second-order valence-electron chi connectivity index (χ2n) is 7.11. The van der Waals surface area contributed by atoms with E-state index in [0.717, 1.165) is 13.0 Å². The van der Waals surface area contributed by atoms with Crippen LogP contribution in [-0.2, 0) is 4.87 Å². The highest BCUT2D eigenvalue weighted by molar-refractivity contribution is 6.26. The summed E-state index contributed by atoms with van der Waals surface area (Å²) in [5.74, 6) is 0. The third-order valence-corrected chi connectivity index (χ3v) is 5.52. The summed E-state index contributed by atoms with van der Waals surface area (Å²) in [6, 6.07) is 13.7. The first-order valence-electron chi connectivity index (χ1n) is 8.49. The summed E-state index contributed by atoms with van der Waals surface area (Å²) in [7, 11) is 0. The van der Waals surface area contributed by atoms with Gasteiger partial charge in [0.25, 0.3) is 0 Å². The van der Waals surface area contributed by atoms with Crippen LogP contribution in [0.1, 0.15) is 46.2 Å². The second-order valence-corrected chi connectivity index (χ2v) is 7.71. The number of alkyl halides is 1. The third kappa shape index (κ3) is 3.18. The molecule has 1 nitrogen and oxygen atoms in total. The summed E-state index contributed by atoms with van der Waals surface area (Å²) >= 11 is 7.42. The minimum absolute atomic E-state index is 0.270. The van der Waals surface area contributed by atoms with Crippen molar-refractivity contribution in [2.24, 2.45) is 0 Å². The SMILES string of the molecule is Cc1cc(C)cc(C(Cl)(c2cc(C)cc(C)c2)[C@@H]2CCCN2)c1. The summed E-state index contributed by atoms with van der Waals surface area (Å²) in [5, 5.41) is 3.64. The van der Waals surface area contributed by atoms with Gasteiger partial charge in [0.05, 0.1) is 0 Å². The molecule has 1 aliphatic rings. The van der Waals surface area contributed by atoms with E-state index in [4.69, 9.17) is 11.6 Å². The van der Waals surface area contributed by atoms with Crippen molar-refractivity contribution in [2.45, 2.75) is 51.5 Å². The molecule has 1 saturated heterocycles. The van der Waals surface area contributed by atoms with E-state index >= 15 is 0 Å². The Kier molecular flexibility index (Phi) is 4.53. The molecule has 0 aromatic heterocycles. The van der Waals surface area contributed by atoms with Crippen LogP contribution in [0.5, 0.6) is 0 Å². The molecule has 1 heterocycles. The molecule has 1 aliphatic heterocycles. The van der Waals surface area contributed by atoms with Crippen molar-refractivity contribution in [1.82, 2.24) is 5.32 Å². The van der Waals surface area contributed by atoms with Crippen LogP contribution in [0, 0.1) is 27.7 Å². The Hall–Kier alpha value is -1.31. The molecule has 1 fully saturated rings. The second kappa shape index (κ2) is 6.30. The van der Waals surface area contributed by atoms with Gasteiger partial charge < -0.3 is 5.32 Å². The summed E-state index contributed by atoms with van der Waals surface area (Å²) in [6.07, 6.45) is 2.30. The van der Waals surface area contributed by atoms with E-state index in [1.807, 2.05) is 0 Å². The van der Waals surface area contributed by atoms with Gasteiger partial charge in [0, 0.05) is 6.04 Å². The van der Waals surface area contributed by atoms with E-state index in [-0.39, 0.29) is 6.04 Å². The summed E-state index contributed by atoms with van der Waals surface area (Å²) in [5.41, 5.74) is 7.50. The van der Waals surface area contributed by atoms with Gasteiger partial charge in [-0.2, -0.15) is 0 Å². The normalized spacial score (nSPS) is 18.4. The molecule has 1 N–H and O–H groups in total. The highest BCUT2D eigenvalue weighted by atomic mass is 35.5. The van der Waals surface area contributed by atoms with E-state index < -0.39 is 4.87 Å². The third-order valence-electron chi connectivity index (χ3n) is 4.82. The zero-order chi connectivity index (χ0) is 16.6. The number of benzene rings is 2. The Morgan fingerprint density at radius 1 is 0.826 bits per heavy atom. The van der Waals surface area contributed by atoms with E-state index in [1.165, 1.54) is 39.8 Å². The van der Waals surface area contributed by atoms with Crippen molar-refractivity contribution in [1.29, 1.82) is 0 Å². The Morgan fingerprint density at radius 2 is 1.26 bits per heavy atom. The maximum absolute atomic E-state index is 7.42. The number of rotatable bonds is 3. The first-order chi connectivity index (χ1) is 10.9. The van der Waals surface area contributed by atoms with Crippen molar-refractivity contribution >= 4 is 11.6 Å². The van der Waals surface area contributed by atoms with Gasteiger partial charge in [-0.3, -0.25) is 0 Å². The number of halogens is 1. The van der Waals surface area contributed by atoms with E-state index in [2.05, 4.69) is 69.4 Å². The molecule has 2 heteroatoms. The van der Waals surface area contributed by atoms with Gasteiger partial charge in [-0.1, -0.05) is 58.7 Å². The van der Waals surface area contributed by atoms with Gasteiger partial charge in [0.2, 0.25) is 0 Å². The van der Waals surface area contributed by atoms with Gasteiger partial charge in [0.1, 0.15) is 4.87 Å². The van der Waals surface area contributed by atoms with Crippen LogP contribution in [0.3, 0.4) is 0 Å². The standard InChI is InChI=1S/C21H26ClN/c1-14-8-15(2)11-18(10-14)21(22,20-6-5-7-23-20)19-12-16(3)9-17(4)13-19/h8-13,20,23H,5-7H2,1-4H3/t20-/m0/s1. The zero-order valence-electron chi connectivity index (χ0n) is 14.5. The highest BCUT2D eigenvalue weighted by Crippen LogP contribution is 2.44. The largest absolute Gasteiger partial charge is 0.312 e. The Labute approximate surface area is 145 Å². The molecule has 0 saturated carbocycles. The smallest absolute Gasteiger partial charge is 0.110 e. The quantitative estimate of drug-likeness (QED) is 0.768. The average Bonchev–Trinajstić information content (AvgIpc) is 2.98. The molecular formula is C21H26ClN. The van der Waals surface area contributed by atoms with Gasteiger partial charge in [-0.25, -0.2) is 0 Å². The summed E-state index contributed by atoms with van der Waals surface area (Å²) < 4.78 is 0. The van der Waals surface area contributed by atoms with E-state index in [0.29, 0.717) is 0 Å². The van der Waals surface area contributed by atoms with Gasteiger partial charge in [0.15, 0.2) is 0 Å². The fourth-order valence-corrected chi connectivity index (χ4v) is 4.37. The molecular weight excluding hydrogens is 302 g/mol. The van der Waals surface area contributed by atoms with Crippen molar-refractivity contribution in [3.63, 3.8) is 0 Å². The molecule has 1 atom stereocenters. The summed E-state index contributed by atoms with van der Waals surface area (Å²) in [6.45, 7) is 9.65. The molecule has 2 aromatic carbocycles. The van der Waals surface area contributed by atoms with Crippen molar-refractivity contribution < 1.29 is 0 Å². The van der Waals surface area contributed by atoms with Crippen molar-refractivity contribution in [3.05, 3.63) is 69.8 Å². The molecule has 0 unspecified atom stereocenters. The van der Waals surface area contributed by atoms with Crippen LogP contribution >= 0.6 is 11.6 Å². The van der Waals surface area contributed by atoms with E-state index in [1.54, 1.807) is 0 Å². The van der Waals surface area contributed by atoms with Gasteiger partial charge in [-0.15, -0.1) is 11.6 Å². The molecule has 0 aliphatic carbocycles. The highest BCUT2D eigenvalue weighted by Gasteiger charge is 2.42. The maximum atomic E-state index is 7.42. The molecule has 23 heavy (non-hydrogen) atoms. The Balaban J connectivity index is 2.21. The van der Waals surface area contributed by atoms with Crippen LogP contribution in [0.2, 0.25) is 0 Å². The Bertz CT molecular complexity index is 622. The first-order valence-corrected chi connectivity index (χ1v) is 8.87. The summed E-state index contributed by atoms with van der Waals surface area (Å²) in [4.78, 5) is -0.510. The van der Waals surface area contributed by atoms with Gasteiger partial charge in [-0.05, 0) is 58.2 Å². The number of aryl methyl sites for hydroxylation is 4. The lowest BCUT2D eigenvalue weighted by molar-refractivity contribution is 0.493. The van der Waals surface area contributed by atoms with Crippen LogP contribution in [0.15, 0.2) is 36.4 Å². The van der Waals surface area contributed by atoms with Crippen LogP contribution in [-0.4, -0.2) is 12.6 Å². The fourth-order valence-electron chi connectivity index (χ4n) is 3.96. The van der Waals surface area contributed by atoms with Gasteiger partial charge >= 0.3 is 0 Å². The average molecular weight is 328 g/mol.